The molecule has 11 heavy (non-hydrogen) atoms. The maximum Gasteiger partial charge on any atom is -0.0275 e. The van der Waals surface area contributed by atoms with Gasteiger partial charge in [-0.15, -0.1) is 0 Å². The average molecular weight is 154 g/mol. The molecule has 1 fully saturated rings. The first-order chi connectivity index (χ1) is 4.79. The van der Waals surface area contributed by atoms with E-state index in [-0.39, 0.29) is 0 Å². The molecule has 0 amide bonds. The van der Waals surface area contributed by atoms with Crippen LogP contribution in [0.25, 0.3) is 0 Å². The highest BCUT2D eigenvalue weighted by molar-refractivity contribution is 4.98. The van der Waals surface area contributed by atoms with Gasteiger partial charge in [0, 0.05) is 0 Å². The highest BCUT2D eigenvalue weighted by Crippen LogP contribution is 2.57. The van der Waals surface area contributed by atoms with Crippen molar-refractivity contribution in [3.63, 3.8) is 0 Å². The molecule has 0 nitrogen and oxygen atoms in total. The second-order valence-electron chi connectivity index (χ2n) is 5.58. The van der Waals surface area contributed by atoms with E-state index in [0.29, 0.717) is 10.8 Å². The predicted octanol–water partition coefficient (Wildman–Crippen LogP) is 3.71. The van der Waals surface area contributed by atoms with Crippen LogP contribution >= 0.6 is 0 Å². The normalized spacial score (nSPS) is 40.9. The third kappa shape index (κ3) is 1.11. The van der Waals surface area contributed by atoms with Crippen LogP contribution in [0.15, 0.2) is 0 Å². The Morgan fingerprint density at radius 3 is 1.55 bits per heavy atom. The van der Waals surface area contributed by atoms with Crippen LogP contribution < -0.4 is 0 Å². The zero-order valence-electron chi connectivity index (χ0n) is 8.86. The van der Waals surface area contributed by atoms with E-state index in [0.717, 1.165) is 11.8 Å². The van der Waals surface area contributed by atoms with Crippen molar-refractivity contribution in [2.24, 2.45) is 22.7 Å². The lowest BCUT2D eigenvalue weighted by Crippen LogP contribution is -2.30. The topological polar surface area (TPSA) is 0 Å². The number of hydrogen-bond acceptors (Lipinski definition) is 0. The lowest BCUT2D eigenvalue weighted by atomic mass is 9.67. The van der Waals surface area contributed by atoms with Gasteiger partial charge in [-0.05, 0) is 29.1 Å². The van der Waals surface area contributed by atoms with E-state index in [1.807, 2.05) is 0 Å². The van der Waals surface area contributed by atoms with E-state index in [4.69, 9.17) is 0 Å². The summed E-state index contributed by atoms with van der Waals surface area (Å²) in [4.78, 5) is 0. The van der Waals surface area contributed by atoms with Crippen LogP contribution in [0, 0.1) is 22.7 Å². The molecule has 0 aliphatic heterocycles. The molecule has 0 radical (unpaired) electrons. The molecule has 1 aliphatic rings. The van der Waals surface area contributed by atoms with Crippen molar-refractivity contribution in [3.8, 4) is 0 Å². The summed E-state index contributed by atoms with van der Waals surface area (Å²) in [6.07, 6.45) is 1.39. The zero-order chi connectivity index (χ0) is 8.86. The first-order valence-electron chi connectivity index (χ1n) is 4.79. The van der Waals surface area contributed by atoms with E-state index in [9.17, 15) is 0 Å². The van der Waals surface area contributed by atoms with Gasteiger partial charge in [0.2, 0.25) is 0 Å². The van der Waals surface area contributed by atoms with Gasteiger partial charge in [-0.25, -0.2) is 0 Å². The number of hydrogen-bond donors (Lipinski definition) is 0. The highest BCUT2D eigenvalue weighted by atomic mass is 14.5. The Bertz CT molecular complexity index is 153. The van der Waals surface area contributed by atoms with Crippen LogP contribution in [-0.2, 0) is 0 Å². The Balaban J connectivity index is 2.92. The molecule has 2 atom stereocenters. The minimum Gasteiger partial charge on any atom is -0.0622 e. The molecule has 0 heterocycles. The maximum absolute atomic E-state index is 2.42. The van der Waals surface area contributed by atoms with Crippen LogP contribution in [0.2, 0.25) is 0 Å². The van der Waals surface area contributed by atoms with Crippen molar-refractivity contribution in [3.05, 3.63) is 0 Å². The van der Waals surface area contributed by atoms with Crippen molar-refractivity contribution >= 4 is 0 Å². The Labute approximate surface area is 71.4 Å². The summed E-state index contributed by atoms with van der Waals surface area (Å²) in [5, 5.41) is 0. The Morgan fingerprint density at radius 1 is 1.00 bits per heavy atom. The van der Waals surface area contributed by atoms with Crippen molar-refractivity contribution in [2.45, 2.75) is 48.0 Å². The van der Waals surface area contributed by atoms with Crippen LogP contribution in [0.5, 0.6) is 0 Å². The van der Waals surface area contributed by atoms with Gasteiger partial charge in [0.05, 0.1) is 0 Å². The van der Waals surface area contributed by atoms with Crippen LogP contribution in [0.4, 0.5) is 0 Å². The molecule has 0 N–H and O–H groups in total. The summed E-state index contributed by atoms with van der Waals surface area (Å²) in [5.74, 6) is 1.78. The summed E-state index contributed by atoms with van der Waals surface area (Å²) in [5.41, 5.74) is 1.05. The van der Waals surface area contributed by atoms with E-state index in [2.05, 4.69) is 41.5 Å². The maximum atomic E-state index is 2.42. The summed E-state index contributed by atoms with van der Waals surface area (Å²) in [7, 11) is 0. The quantitative estimate of drug-likeness (QED) is 0.499. The van der Waals surface area contributed by atoms with Gasteiger partial charge >= 0.3 is 0 Å². The van der Waals surface area contributed by atoms with Gasteiger partial charge in [0.1, 0.15) is 0 Å². The summed E-state index contributed by atoms with van der Waals surface area (Å²) < 4.78 is 0. The lowest BCUT2D eigenvalue weighted by Gasteiger charge is -2.38. The Kier molecular flexibility index (Phi) is 1.85. The van der Waals surface area contributed by atoms with E-state index >= 15 is 0 Å². The van der Waals surface area contributed by atoms with Gasteiger partial charge in [-0.3, -0.25) is 0 Å². The van der Waals surface area contributed by atoms with Gasteiger partial charge in [-0.1, -0.05) is 41.5 Å². The van der Waals surface area contributed by atoms with E-state index in [1.54, 1.807) is 0 Å². The SMILES string of the molecule is CC1CC(C)(C)C(C)(C)C1C. The monoisotopic (exact) mass is 154 g/mol. The fourth-order valence-corrected chi connectivity index (χ4v) is 2.57. The van der Waals surface area contributed by atoms with Gasteiger partial charge < -0.3 is 0 Å². The third-order valence-electron chi connectivity index (χ3n) is 4.57. The molecule has 0 saturated heterocycles. The molecule has 66 valence electrons. The van der Waals surface area contributed by atoms with Gasteiger partial charge in [0.15, 0.2) is 0 Å². The molecule has 0 spiro atoms. The fraction of sp³-hybridized carbons (Fsp3) is 1.00. The molecule has 0 aromatic carbocycles. The summed E-state index contributed by atoms with van der Waals surface area (Å²) >= 11 is 0. The van der Waals surface area contributed by atoms with E-state index < -0.39 is 0 Å². The first-order valence-corrected chi connectivity index (χ1v) is 4.79. The second kappa shape index (κ2) is 2.24. The van der Waals surface area contributed by atoms with E-state index in [1.165, 1.54) is 6.42 Å². The minimum absolute atomic E-state index is 0.520. The largest absolute Gasteiger partial charge is 0.0622 e. The molecule has 0 aromatic heterocycles. The average Bonchev–Trinajstić information content (AvgIpc) is 1.93. The molecule has 1 saturated carbocycles. The minimum atomic E-state index is 0.520. The number of rotatable bonds is 0. The lowest BCUT2D eigenvalue weighted by molar-refractivity contribution is 0.113. The molecule has 1 aliphatic carbocycles. The first kappa shape index (κ1) is 9.09. The van der Waals surface area contributed by atoms with Crippen LogP contribution in [0.1, 0.15) is 48.0 Å². The summed E-state index contributed by atoms with van der Waals surface area (Å²) in [6, 6.07) is 0. The molecule has 0 heteroatoms. The van der Waals surface area contributed by atoms with Crippen molar-refractivity contribution in [1.29, 1.82) is 0 Å². The van der Waals surface area contributed by atoms with Crippen LogP contribution in [0.3, 0.4) is 0 Å². The predicted molar refractivity (Wildman–Crippen MR) is 50.5 cm³/mol. The van der Waals surface area contributed by atoms with Crippen LogP contribution in [-0.4, -0.2) is 0 Å². The molecule has 1 rings (SSSR count). The van der Waals surface area contributed by atoms with Gasteiger partial charge in [-0.2, -0.15) is 0 Å². The molecule has 0 bridgehead atoms. The second-order valence-corrected chi connectivity index (χ2v) is 5.58. The standard InChI is InChI=1S/C11H22/c1-8-7-10(3,4)11(5,6)9(8)2/h8-9H,7H2,1-6H3. The molecule has 0 aromatic rings. The molecule has 2 unspecified atom stereocenters. The van der Waals surface area contributed by atoms with Crippen molar-refractivity contribution < 1.29 is 0 Å². The zero-order valence-corrected chi connectivity index (χ0v) is 8.86. The summed E-state index contributed by atoms with van der Waals surface area (Å²) in [6.45, 7) is 14.4. The highest BCUT2D eigenvalue weighted by Gasteiger charge is 2.49. The van der Waals surface area contributed by atoms with Crippen molar-refractivity contribution in [1.82, 2.24) is 0 Å². The molecular formula is C11H22. The molecular weight excluding hydrogens is 132 g/mol. The fourth-order valence-electron chi connectivity index (χ4n) is 2.57. The third-order valence-corrected chi connectivity index (χ3v) is 4.57. The Hall–Kier alpha value is 0. The van der Waals surface area contributed by atoms with Crippen molar-refractivity contribution in [2.75, 3.05) is 0 Å². The smallest absolute Gasteiger partial charge is 0.0275 e. The van der Waals surface area contributed by atoms with Gasteiger partial charge in [0.25, 0.3) is 0 Å². The Morgan fingerprint density at radius 2 is 1.45 bits per heavy atom.